The Bertz CT molecular complexity index is 613. The summed E-state index contributed by atoms with van der Waals surface area (Å²) in [4.78, 5) is 24.4. The molecule has 4 fully saturated rings. The SMILES string of the molecule is C[C@H](CCC(=O)O)C1CCC2[C@@H]3C(=O)C[C@@H]4CCCC[C@]4(C)C3CC[C@@]21C. The van der Waals surface area contributed by atoms with E-state index in [1.165, 1.54) is 51.4 Å². The Morgan fingerprint density at radius 3 is 2.56 bits per heavy atom. The van der Waals surface area contributed by atoms with Crippen molar-refractivity contribution in [3.63, 3.8) is 0 Å². The summed E-state index contributed by atoms with van der Waals surface area (Å²) in [6.45, 7) is 7.23. The molecule has 0 spiro atoms. The van der Waals surface area contributed by atoms with E-state index in [1.54, 1.807) is 0 Å². The van der Waals surface area contributed by atoms with Crippen LogP contribution < -0.4 is 0 Å². The number of carboxylic acids is 1. The summed E-state index contributed by atoms with van der Waals surface area (Å²) in [5.74, 6) is 3.02. The Kier molecular flexibility index (Phi) is 4.96. The van der Waals surface area contributed by atoms with E-state index >= 15 is 0 Å². The first-order valence-electron chi connectivity index (χ1n) is 11.5. The van der Waals surface area contributed by atoms with Crippen molar-refractivity contribution >= 4 is 11.8 Å². The first-order chi connectivity index (χ1) is 12.8. The van der Waals surface area contributed by atoms with E-state index in [2.05, 4.69) is 20.8 Å². The van der Waals surface area contributed by atoms with Crippen LogP contribution >= 0.6 is 0 Å². The maximum atomic E-state index is 13.3. The molecule has 4 aliphatic carbocycles. The first kappa shape index (κ1) is 19.5. The lowest BCUT2D eigenvalue weighted by molar-refractivity contribution is -0.156. The third kappa shape index (κ3) is 2.99. The molecule has 4 rings (SSSR count). The summed E-state index contributed by atoms with van der Waals surface area (Å²) in [5, 5.41) is 9.08. The van der Waals surface area contributed by atoms with Gasteiger partial charge in [0.1, 0.15) is 5.78 Å². The Morgan fingerprint density at radius 2 is 1.81 bits per heavy atom. The van der Waals surface area contributed by atoms with Gasteiger partial charge in [-0.3, -0.25) is 9.59 Å². The molecule has 0 radical (unpaired) electrons. The highest BCUT2D eigenvalue weighted by molar-refractivity contribution is 5.83. The fraction of sp³-hybridized carbons (Fsp3) is 0.917. The van der Waals surface area contributed by atoms with Crippen LogP contribution in [-0.4, -0.2) is 16.9 Å². The molecule has 3 nitrogen and oxygen atoms in total. The molecule has 152 valence electrons. The molecule has 0 aromatic carbocycles. The number of rotatable bonds is 4. The molecule has 3 heteroatoms. The fourth-order valence-electron chi connectivity index (χ4n) is 8.49. The third-order valence-electron chi connectivity index (χ3n) is 9.96. The second-order valence-corrected chi connectivity index (χ2v) is 11.0. The highest BCUT2D eigenvalue weighted by Crippen LogP contribution is 2.67. The number of hydrogen-bond acceptors (Lipinski definition) is 2. The lowest BCUT2D eigenvalue weighted by Crippen LogP contribution is -2.56. The molecule has 0 heterocycles. The zero-order chi connectivity index (χ0) is 19.4. The van der Waals surface area contributed by atoms with Crippen molar-refractivity contribution in [2.75, 3.05) is 0 Å². The molecule has 4 saturated carbocycles. The molecule has 0 aliphatic heterocycles. The molecular weight excluding hydrogens is 336 g/mol. The molecule has 0 aromatic rings. The molecule has 0 aromatic heterocycles. The second-order valence-electron chi connectivity index (χ2n) is 11.0. The van der Waals surface area contributed by atoms with E-state index < -0.39 is 5.97 Å². The highest BCUT2D eigenvalue weighted by Gasteiger charge is 2.62. The summed E-state index contributed by atoms with van der Waals surface area (Å²) in [6.07, 6.45) is 12.0. The molecule has 3 unspecified atom stereocenters. The van der Waals surface area contributed by atoms with E-state index in [4.69, 9.17) is 5.11 Å². The third-order valence-corrected chi connectivity index (χ3v) is 9.96. The Morgan fingerprint density at radius 1 is 1.07 bits per heavy atom. The summed E-state index contributed by atoms with van der Waals surface area (Å²) in [6, 6.07) is 0. The Hall–Kier alpha value is -0.860. The normalized spacial score (nSPS) is 47.7. The van der Waals surface area contributed by atoms with Crippen LogP contribution in [-0.2, 0) is 9.59 Å². The van der Waals surface area contributed by atoms with Gasteiger partial charge >= 0.3 is 5.97 Å². The number of carbonyl (C=O) groups is 2. The van der Waals surface area contributed by atoms with Gasteiger partial charge in [0.25, 0.3) is 0 Å². The second kappa shape index (κ2) is 6.88. The molecule has 0 saturated heterocycles. The average Bonchev–Trinajstić information content (AvgIpc) is 2.97. The van der Waals surface area contributed by atoms with E-state index in [1.807, 2.05) is 0 Å². The smallest absolute Gasteiger partial charge is 0.303 e. The van der Waals surface area contributed by atoms with Gasteiger partial charge in [-0.2, -0.15) is 0 Å². The van der Waals surface area contributed by atoms with Gasteiger partial charge in [-0.15, -0.1) is 0 Å². The van der Waals surface area contributed by atoms with Crippen LogP contribution in [0.1, 0.15) is 91.4 Å². The summed E-state index contributed by atoms with van der Waals surface area (Å²) in [7, 11) is 0. The monoisotopic (exact) mass is 374 g/mol. The average molecular weight is 375 g/mol. The van der Waals surface area contributed by atoms with E-state index in [0.717, 1.165) is 12.8 Å². The topological polar surface area (TPSA) is 54.4 Å². The molecule has 4 aliphatic rings. The molecule has 8 atom stereocenters. The lowest BCUT2D eigenvalue weighted by Gasteiger charge is -2.60. The molecule has 1 N–H and O–H groups in total. The van der Waals surface area contributed by atoms with Crippen LogP contribution in [0, 0.1) is 46.3 Å². The van der Waals surface area contributed by atoms with Crippen molar-refractivity contribution in [1.82, 2.24) is 0 Å². The Labute approximate surface area is 164 Å². The highest BCUT2D eigenvalue weighted by atomic mass is 16.4. The maximum Gasteiger partial charge on any atom is 0.303 e. The van der Waals surface area contributed by atoms with Crippen molar-refractivity contribution in [3.05, 3.63) is 0 Å². The minimum Gasteiger partial charge on any atom is -0.481 e. The van der Waals surface area contributed by atoms with Crippen LogP contribution in [0.5, 0.6) is 0 Å². The van der Waals surface area contributed by atoms with Crippen LogP contribution in [0.3, 0.4) is 0 Å². The molecular formula is C24H38O3. The zero-order valence-electron chi connectivity index (χ0n) is 17.5. The summed E-state index contributed by atoms with van der Waals surface area (Å²) < 4.78 is 0. The van der Waals surface area contributed by atoms with E-state index in [-0.39, 0.29) is 11.8 Å². The molecule has 0 bridgehead atoms. The minimum absolute atomic E-state index is 0.243. The van der Waals surface area contributed by atoms with Crippen LogP contribution in [0.15, 0.2) is 0 Å². The van der Waals surface area contributed by atoms with Crippen molar-refractivity contribution in [2.24, 2.45) is 46.3 Å². The molecule has 0 amide bonds. The number of aliphatic carboxylic acids is 1. The number of ketones is 1. The number of carboxylic acid groups (broad SMARTS) is 1. The van der Waals surface area contributed by atoms with Gasteiger partial charge in [0.15, 0.2) is 0 Å². The largest absolute Gasteiger partial charge is 0.481 e. The maximum absolute atomic E-state index is 13.3. The quantitative estimate of drug-likeness (QED) is 0.685. The van der Waals surface area contributed by atoms with Crippen molar-refractivity contribution < 1.29 is 14.7 Å². The first-order valence-corrected chi connectivity index (χ1v) is 11.5. The van der Waals surface area contributed by atoms with Crippen molar-refractivity contribution in [2.45, 2.75) is 91.4 Å². The zero-order valence-corrected chi connectivity index (χ0v) is 17.5. The van der Waals surface area contributed by atoms with Gasteiger partial charge in [0, 0.05) is 18.8 Å². The van der Waals surface area contributed by atoms with Gasteiger partial charge in [-0.05, 0) is 85.4 Å². The van der Waals surface area contributed by atoms with Gasteiger partial charge in [0.05, 0.1) is 0 Å². The number of Topliss-reactive ketones (excluding diaryl/α,β-unsaturated/α-hetero) is 1. The summed E-state index contributed by atoms with van der Waals surface area (Å²) >= 11 is 0. The predicted molar refractivity (Wildman–Crippen MR) is 106 cm³/mol. The van der Waals surface area contributed by atoms with Crippen molar-refractivity contribution in [1.29, 1.82) is 0 Å². The minimum atomic E-state index is -0.677. The van der Waals surface area contributed by atoms with Crippen LogP contribution in [0.25, 0.3) is 0 Å². The van der Waals surface area contributed by atoms with Crippen LogP contribution in [0.4, 0.5) is 0 Å². The summed E-state index contributed by atoms with van der Waals surface area (Å²) in [5.41, 5.74) is 0.637. The number of hydrogen-bond donors (Lipinski definition) is 1. The van der Waals surface area contributed by atoms with Gasteiger partial charge in [0.2, 0.25) is 0 Å². The standard InChI is InChI=1S/C24H38O3/c1-15(7-10-21(26)27)17-8-9-18-22-19(11-13-24(17,18)3)23(2)12-5-4-6-16(23)14-20(22)25/h15-19,22H,4-14H2,1-3H3,(H,26,27)/t15-,16+,17?,18?,19?,22+,23+,24-/m1/s1. The van der Waals surface area contributed by atoms with E-state index in [9.17, 15) is 9.59 Å². The van der Waals surface area contributed by atoms with E-state index in [0.29, 0.717) is 46.7 Å². The van der Waals surface area contributed by atoms with Crippen LogP contribution in [0.2, 0.25) is 0 Å². The number of fused-ring (bicyclic) bond motifs is 5. The number of carbonyl (C=O) groups excluding carboxylic acids is 1. The van der Waals surface area contributed by atoms with Gasteiger partial charge in [-0.1, -0.05) is 33.6 Å². The Balaban J connectivity index is 1.57. The van der Waals surface area contributed by atoms with Gasteiger partial charge < -0.3 is 5.11 Å². The lowest BCUT2D eigenvalue weighted by atomic mass is 9.44. The van der Waals surface area contributed by atoms with Crippen molar-refractivity contribution in [3.8, 4) is 0 Å². The fourth-order valence-corrected chi connectivity index (χ4v) is 8.49. The molecule has 27 heavy (non-hydrogen) atoms. The van der Waals surface area contributed by atoms with Gasteiger partial charge in [-0.25, -0.2) is 0 Å². The predicted octanol–water partition coefficient (Wildman–Crippen LogP) is 5.72.